The lowest BCUT2D eigenvalue weighted by atomic mass is 10.0. The molecule has 5 rings (SSSR count). The van der Waals surface area contributed by atoms with E-state index in [-0.39, 0.29) is 18.9 Å². The first-order valence-corrected chi connectivity index (χ1v) is 12.1. The largest absolute Gasteiger partial charge is 0.497 e. The van der Waals surface area contributed by atoms with E-state index in [2.05, 4.69) is 10.3 Å². The van der Waals surface area contributed by atoms with Gasteiger partial charge in [0.15, 0.2) is 5.78 Å². The molecule has 3 aromatic carbocycles. The van der Waals surface area contributed by atoms with Gasteiger partial charge >= 0.3 is 6.09 Å². The number of alkyl carbamates (subject to hydrolysis) is 1. The number of nitrogens with one attached hydrogen (secondary N) is 1. The highest BCUT2D eigenvalue weighted by Crippen LogP contribution is 2.33. The van der Waals surface area contributed by atoms with Crippen LogP contribution in [0.4, 0.5) is 10.5 Å². The Balaban J connectivity index is 1.41. The van der Waals surface area contributed by atoms with Crippen molar-refractivity contribution < 1.29 is 19.1 Å². The zero-order valence-corrected chi connectivity index (χ0v) is 20.5. The smallest absolute Gasteiger partial charge is 0.409 e. The lowest BCUT2D eigenvalue weighted by molar-refractivity contribution is -0.115. The van der Waals surface area contributed by atoms with Crippen molar-refractivity contribution in [2.45, 2.75) is 19.2 Å². The van der Waals surface area contributed by atoms with Gasteiger partial charge in [-0.25, -0.2) is 4.79 Å². The van der Waals surface area contributed by atoms with Gasteiger partial charge in [0.05, 0.1) is 25.0 Å². The van der Waals surface area contributed by atoms with Crippen LogP contribution < -0.4 is 15.0 Å². The van der Waals surface area contributed by atoms with Gasteiger partial charge in [-0.3, -0.25) is 15.1 Å². The van der Waals surface area contributed by atoms with E-state index in [1.165, 1.54) is 0 Å². The molecule has 2 aliphatic rings. The number of amides is 1. The van der Waals surface area contributed by atoms with Crippen LogP contribution >= 0.6 is 0 Å². The van der Waals surface area contributed by atoms with Gasteiger partial charge in [0.2, 0.25) is 0 Å². The number of ketones is 1. The average molecular weight is 494 g/mol. The molecule has 1 N–H and O–H groups in total. The van der Waals surface area contributed by atoms with E-state index in [0.29, 0.717) is 12.1 Å². The fourth-order valence-corrected chi connectivity index (χ4v) is 4.32. The van der Waals surface area contributed by atoms with Crippen LogP contribution in [0.15, 0.2) is 102 Å². The lowest BCUT2D eigenvalue weighted by Gasteiger charge is -2.30. The molecule has 0 saturated heterocycles. The van der Waals surface area contributed by atoms with Crippen molar-refractivity contribution >= 4 is 23.8 Å². The molecule has 1 amide bonds. The number of carbonyl (C=O) groups is 2. The number of hydrogen-bond donors (Lipinski definition) is 1. The highest BCUT2D eigenvalue weighted by atomic mass is 16.5. The molecule has 0 radical (unpaired) electrons. The molecule has 1 aliphatic heterocycles. The molecule has 7 heteroatoms. The molecule has 0 fully saturated rings. The SMILES string of the molecule is COc1ccc(-c2ccc3c(c2)N(C2=CC=CCC2=O)CC(NC(=O)OCc2ccccc2)N=C3)cc1. The van der Waals surface area contributed by atoms with Crippen LogP contribution in [0.3, 0.4) is 0 Å². The van der Waals surface area contributed by atoms with Crippen molar-refractivity contribution in [3.05, 3.63) is 108 Å². The van der Waals surface area contributed by atoms with E-state index in [9.17, 15) is 9.59 Å². The Hall–Kier alpha value is -4.65. The fourth-order valence-electron chi connectivity index (χ4n) is 4.32. The molecule has 7 nitrogen and oxygen atoms in total. The number of anilines is 1. The third-order valence-corrected chi connectivity index (χ3v) is 6.26. The van der Waals surface area contributed by atoms with Crippen molar-refractivity contribution in [2.75, 3.05) is 18.6 Å². The summed E-state index contributed by atoms with van der Waals surface area (Å²) in [5, 5.41) is 2.84. The molecule has 186 valence electrons. The van der Waals surface area contributed by atoms with Gasteiger partial charge in [0.25, 0.3) is 0 Å². The second-order valence-corrected chi connectivity index (χ2v) is 8.72. The predicted molar refractivity (Wildman–Crippen MR) is 144 cm³/mol. The fraction of sp³-hybridized carbons (Fsp3) is 0.167. The van der Waals surface area contributed by atoms with Crippen LogP contribution in [0.25, 0.3) is 11.1 Å². The molecule has 0 bridgehead atoms. The normalized spacial score (nSPS) is 16.5. The zero-order valence-electron chi connectivity index (χ0n) is 20.5. The van der Waals surface area contributed by atoms with Gasteiger partial charge in [0, 0.05) is 18.2 Å². The summed E-state index contributed by atoms with van der Waals surface area (Å²) in [6.45, 7) is 0.439. The predicted octanol–water partition coefficient (Wildman–Crippen LogP) is 5.27. The van der Waals surface area contributed by atoms with E-state index < -0.39 is 12.3 Å². The Kier molecular flexibility index (Phi) is 7.12. The highest BCUT2D eigenvalue weighted by Gasteiger charge is 2.27. The summed E-state index contributed by atoms with van der Waals surface area (Å²) in [6, 6.07) is 23.4. The van der Waals surface area contributed by atoms with Crippen molar-refractivity contribution in [3.8, 4) is 16.9 Å². The van der Waals surface area contributed by atoms with Crippen LogP contribution in [-0.4, -0.2) is 37.9 Å². The average Bonchev–Trinajstić information content (AvgIpc) is 3.12. The Bertz CT molecular complexity index is 1380. The van der Waals surface area contributed by atoms with E-state index in [4.69, 9.17) is 9.47 Å². The number of nitrogens with zero attached hydrogens (tertiary/aromatic N) is 2. The lowest BCUT2D eigenvalue weighted by Crippen LogP contribution is -2.43. The van der Waals surface area contributed by atoms with Gasteiger partial charge in [-0.2, -0.15) is 0 Å². The number of benzene rings is 3. The van der Waals surface area contributed by atoms with E-state index in [1.807, 2.05) is 95.9 Å². The number of hydrogen-bond acceptors (Lipinski definition) is 6. The number of ether oxygens (including phenoxy) is 2. The maximum absolute atomic E-state index is 12.9. The molecule has 37 heavy (non-hydrogen) atoms. The van der Waals surface area contributed by atoms with Crippen molar-refractivity contribution in [1.82, 2.24) is 5.32 Å². The molecule has 3 aromatic rings. The molecular formula is C30H27N3O4. The third-order valence-electron chi connectivity index (χ3n) is 6.26. The molecule has 1 heterocycles. The summed E-state index contributed by atoms with van der Waals surface area (Å²) < 4.78 is 10.7. The first-order valence-electron chi connectivity index (χ1n) is 12.1. The zero-order chi connectivity index (χ0) is 25.6. The van der Waals surface area contributed by atoms with Gasteiger partial charge in [-0.05, 0) is 41.0 Å². The van der Waals surface area contributed by atoms with Gasteiger partial charge in [-0.15, -0.1) is 0 Å². The second-order valence-electron chi connectivity index (χ2n) is 8.72. The van der Waals surface area contributed by atoms with Crippen LogP contribution in [0.2, 0.25) is 0 Å². The molecule has 0 spiro atoms. The van der Waals surface area contributed by atoms with E-state index >= 15 is 0 Å². The number of rotatable bonds is 6. The summed E-state index contributed by atoms with van der Waals surface area (Å²) >= 11 is 0. The molecule has 1 aliphatic carbocycles. The summed E-state index contributed by atoms with van der Waals surface area (Å²) in [7, 11) is 1.64. The monoisotopic (exact) mass is 493 g/mol. The van der Waals surface area contributed by atoms with Crippen LogP contribution in [-0.2, 0) is 16.1 Å². The van der Waals surface area contributed by atoms with E-state index in [0.717, 1.165) is 33.7 Å². The van der Waals surface area contributed by atoms with Crippen LogP contribution in [0.5, 0.6) is 5.75 Å². The number of Topliss-reactive ketones (excluding diaryl/α,β-unsaturated/α-hetero) is 1. The first kappa shape index (κ1) is 24.1. The third kappa shape index (κ3) is 5.62. The maximum atomic E-state index is 12.9. The summed E-state index contributed by atoms with van der Waals surface area (Å²) in [6.07, 6.45) is 6.41. The number of benzodiazepines with no additional fused rings is 1. The minimum Gasteiger partial charge on any atom is -0.497 e. The van der Waals surface area contributed by atoms with Gasteiger partial charge in [0.1, 0.15) is 18.5 Å². The topological polar surface area (TPSA) is 80.2 Å². The highest BCUT2D eigenvalue weighted by molar-refractivity contribution is 6.03. The molecule has 0 saturated carbocycles. The first-order chi connectivity index (χ1) is 18.1. The molecule has 1 atom stereocenters. The molecule has 0 aromatic heterocycles. The van der Waals surface area contributed by atoms with Gasteiger partial charge in [-0.1, -0.05) is 66.7 Å². The number of carbonyl (C=O) groups excluding carboxylic acids is 2. The Morgan fingerprint density at radius 2 is 1.84 bits per heavy atom. The van der Waals surface area contributed by atoms with Crippen molar-refractivity contribution in [1.29, 1.82) is 0 Å². The summed E-state index contributed by atoms with van der Waals surface area (Å²) in [5.74, 6) is 0.792. The molecule has 1 unspecified atom stereocenters. The van der Waals surface area contributed by atoms with Gasteiger partial charge < -0.3 is 14.4 Å². The molecular weight excluding hydrogens is 466 g/mol. The summed E-state index contributed by atoms with van der Waals surface area (Å²) in [4.78, 5) is 32.0. The number of fused-ring (bicyclic) bond motifs is 1. The van der Waals surface area contributed by atoms with Crippen LogP contribution in [0, 0.1) is 0 Å². The standard InChI is InChI=1S/C30H27N3O4/c1-36-25-15-13-22(14-16-25)23-11-12-24-18-31-29(32-30(35)37-20-21-7-3-2-4-8-21)19-33(27(24)17-23)26-9-5-6-10-28(26)34/h2-9,11-18,29H,10,19-20H2,1H3,(H,32,35). The summed E-state index contributed by atoms with van der Waals surface area (Å²) in [5.41, 5.74) is 5.16. The Morgan fingerprint density at radius 1 is 1.05 bits per heavy atom. The van der Waals surface area contributed by atoms with Crippen LogP contribution in [0.1, 0.15) is 17.5 Å². The number of allylic oxidation sites excluding steroid dienone is 4. The van der Waals surface area contributed by atoms with Crippen molar-refractivity contribution in [2.24, 2.45) is 4.99 Å². The van der Waals surface area contributed by atoms with Crippen molar-refractivity contribution in [3.63, 3.8) is 0 Å². The minimum atomic E-state index is -0.611. The minimum absolute atomic E-state index is 0.00982. The van der Waals surface area contributed by atoms with E-state index in [1.54, 1.807) is 13.3 Å². The maximum Gasteiger partial charge on any atom is 0.409 e. The number of methoxy groups -OCH3 is 1. The Morgan fingerprint density at radius 3 is 2.59 bits per heavy atom. The second kappa shape index (κ2) is 11.0. The number of aliphatic imine (C=N–C) groups is 1. The quantitative estimate of drug-likeness (QED) is 0.506. The Labute approximate surface area is 215 Å².